The van der Waals surface area contributed by atoms with E-state index < -0.39 is 0 Å². The maximum atomic E-state index is 12.9. The number of rotatable bonds is 5. The highest BCUT2D eigenvalue weighted by molar-refractivity contribution is 7.16. The summed E-state index contributed by atoms with van der Waals surface area (Å²) in [5.41, 5.74) is 1.26. The molecule has 0 aliphatic heterocycles. The minimum atomic E-state index is -0.371. The summed E-state index contributed by atoms with van der Waals surface area (Å²) < 4.78 is 14.0. The third kappa shape index (κ3) is 3.97. The number of hydrogen-bond acceptors (Lipinski definition) is 4. The van der Waals surface area contributed by atoms with Crippen LogP contribution in [0.3, 0.4) is 0 Å². The van der Waals surface area contributed by atoms with E-state index in [1.165, 1.54) is 11.3 Å². The molecule has 0 aliphatic carbocycles. The van der Waals surface area contributed by atoms with Crippen molar-refractivity contribution in [2.75, 3.05) is 7.11 Å². The largest absolute Gasteiger partial charge is 0.495 e. The second-order valence-corrected chi connectivity index (χ2v) is 7.35. The van der Waals surface area contributed by atoms with Crippen LogP contribution in [0.5, 0.6) is 17.2 Å². The Morgan fingerprint density at radius 3 is 2.60 bits per heavy atom. The van der Waals surface area contributed by atoms with Gasteiger partial charge >= 0.3 is 0 Å². The lowest BCUT2D eigenvalue weighted by molar-refractivity contribution is 0.0997. The van der Waals surface area contributed by atoms with E-state index in [2.05, 4.69) is 10.9 Å². The number of carbonyl (C=O) groups excluding carboxylic acids is 1. The smallest absolute Gasteiger partial charge is 0.279 e. The minimum Gasteiger partial charge on any atom is -0.495 e. The monoisotopic (exact) mass is 414 g/mol. The van der Waals surface area contributed by atoms with Crippen LogP contribution in [0, 0.1) is 12.3 Å². The number of para-hydroxylation sites is 2. The lowest BCUT2D eigenvalue weighted by atomic mass is 10.2. The molecule has 0 saturated carbocycles. The molecule has 0 saturated heterocycles. The number of thiazole rings is 1. The number of benzene rings is 3. The molecular formula is C24H18N2O3S. The van der Waals surface area contributed by atoms with E-state index in [-0.39, 0.29) is 12.5 Å². The molecule has 1 amide bonds. The molecule has 5 nitrogen and oxygen atoms in total. The number of terminal acetylenes is 1. The van der Waals surface area contributed by atoms with Crippen molar-refractivity contribution in [1.29, 1.82) is 0 Å². The van der Waals surface area contributed by atoms with E-state index in [1.54, 1.807) is 31.4 Å². The van der Waals surface area contributed by atoms with Gasteiger partial charge in [-0.1, -0.05) is 47.6 Å². The normalized spacial score (nSPS) is 11.3. The third-order valence-electron chi connectivity index (χ3n) is 4.39. The average Bonchev–Trinajstić information content (AvgIpc) is 3.12. The first-order valence-electron chi connectivity index (χ1n) is 9.21. The Morgan fingerprint density at radius 2 is 1.83 bits per heavy atom. The maximum Gasteiger partial charge on any atom is 0.279 e. The summed E-state index contributed by atoms with van der Waals surface area (Å²) in [6.07, 6.45) is 5.56. The number of fused-ring (bicyclic) bond motifs is 1. The van der Waals surface area contributed by atoms with E-state index in [0.29, 0.717) is 27.6 Å². The van der Waals surface area contributed by atoms with E-state index in [0.717, 1.165) is 10.2 Å². The van der Waals surface area contributed by atoms with Gasteiger partial charge in [0.15, 0.2) is 4.80 Å². The zero-order chi connectivity index (χ0) is 20.9. The minimum absolute atomic E-state index is 0.281. The molecule has 0 spiro atoms. The summed E-state index contributed by atoms with van der Waals surface area (Å²) in [6.45, 7) is 0.281. The zero-order valence-corrected chi connectivity index (χ0v) is 17.1. The molecule has 0 unspecified atom stereocenters. The van der Waals surface area contributed by atoms with Crippen LogP contribution < -0.4 is 14.3 Å². The Morgan fingerprint density at radius 1 is 1.07 bits per heavy atom. The average molecular weight is 414 g/mol. The quantitative estimate of drug-likeness (QED) is 0.438. The second kappa shape index (κ2) is 8.68. The number of carbonyl (C=O) groups is 1. The van der Waals surface area contributed by atoms with E-state index in [9.17, 15) is 4.79 Å². The molecule has 0 aliphatic rings. The predicted molar refractivity (Wildman–Crippen MR) is 118 cm³/mol. The molecule has 6 heteroatoms. The van der Waals surface area contributed by atoms with Gasteiger partial charge in [-0.25, -0.2) is 0 Å². The Balaban J connectivity index is 1.73. The van der Waals surface area contributed by atoms with E-state index in [4.69, 9.17) is 15.9 Å². The molecule has 3 aromatic carbocycles. The third-order valence-corrected chi connectivity index (χ3v) is 5.43. The van der Waals surface area contributed by atoms with Gasteiger partial charge in [0.05, 0.1) is 18.4 Å². The Kier molecular flexibility index (Phi) is 5.64. The SMILES string of the molecule is C#CCn1c(=NC(=O)c2cccc(Oc3ccccc3)c2)sc2cccc(OC)c21. The number of amides is 1. The van der Waals surface area contributed by atoms with Gasteiger partial charge in [-0.15, -0.1) is 6.42 Å². The lowest BCUT2D eigenvalue weighted by Gasteiger charge is -2.06. The highest BCUT2D eigenvalue weighted by Crippen LogP contribution is 2.27. The fourth-order valence-electron chi connectivity index (χ4n) is 3.05. The van der Waals surface area contributed by atoms with Crippen molar-refractivity contribution >= 4 is 27.5 Å². The van der Waals surface area contributed by atoms with Crippen LogP contribution in [0.15, 0.2) is 77.8 Å². The number of ether oxygens (including phenoxy) is 2. The van der Waals surface area contributed by atoms with Crippen LogP contribution in [-0.2, 0) is 6.54 Å². The summed E-state index contributed by atoms with van der Waals surface area (Å²) in [7, 11) is 1.60. The van der Waals surface area contributed by atoms with Crippen LogP contribution in [0.2, 0.25) is 0 Å². The Hall–Kier alpha value is -3.82. The first-order valence-corrected chi connectivity index (χ1v) is 10.0. The van der Waals surface area contributed by atoms with Crippen LogP contribution in [0.1, 0.15) is 10.4 Å². The molecule has 148 valence electrons. The summed E-state index contributed by atoms with van der Waals surface area (Å²) in [5, 5.41) is 0. The van der Waals surface area contributed by atoms with Gasteiger partial charge in [0.1, 0.15) is 22.8 Å². The standard InChI is InChI=1S/C24H18N2O3S/c1-3-15-26-22-20(28-2)13-8-14-21(22)30-24(26)25-23(27)17-9-7-12-19(16-17)29-18-10-5-4-6-11-18/h1,4-14,16H,15H2,2H3. The van der Waals surface area contributed by atoms with Crippen molar-refractivity contribution in [1.82, 2.24) is 4.57 Å². The molecule has 0 bridgehead atoms. The Bertz CT molecular complexity index is 1310. The molecular weight excluding hydrogens is 396 g/mol. The first-order chi connectivity index (χ1) is 14.7. The summed E-state index contributed by atoms with van der Waals surface area (Å²) >= 11 is 1.39. The number of methoxy groups -OCH3 is 1. The predicted octanol–water partition coefficient (Wildman–Crippen LogP) is 4.88. The second-order valence-electron chi connectivity index (χ2n) is 6.34. The lowest BCUT2D eigenvalue weighted by Crippen LogP contribution is -2.16. The van der Waals surface area contributed by atoms with Crippen molar-refractivity contribution in [3.63, 3.8) is 0 Å². The molecule has 4 aromatic rings. The zero-order valence-electron chi connectivity index (χ0n) is 16.2. The van der Waals surface area contributed by atoms with Gasteiger partial charge in [0.2, 0.25) is 0 Å². The number of hydrogen-bond donors (Lipinski definition) is 0. The van der Waals surface area contributed by atoms with Gasteiger partial charge in [0, 0.05) is 5.56 Å². The topological polar surface area (TPSA) is 52.8 Å². The number of aromatic nitrogens is 1. The highest BCUT2D eigenvalue weighted by Gasteiger charge is 2.13. The highest BCUT2D eigenvalue weighted by atomic mass is 32.1. The molecule has 0 atom stereocenters. The summed E-state index contributed by atoms with van der Waals surface area (Å²) in [5.74, 6) is 4.21. The van der Waals surface area contributed by atoms with E-state index >= 15 is 0 Å². The van der Waals surface area contributed by atoms with Crippen LogP contribution in [0.4, 0.5) is 0 Å². The molecule has 1 heterocycles. The van der Waals surface area contributed by atoms with E-state index in [1.807, 2.05) is 53.1 Å². The van der Waals surface area contributed by atoms with Crippen molar-refractivity contribution in [3.05, 3.63) is 83.2 Å². The van der Waals surface area contributed by atoms with Crippen LogP contribution >= 0.6 is 11.3 Å². The van der Waals surface area contributed by atoms with Gasteiger partial charge in [-0.2, -0.15) is 4.99 Å². The van der Waals surface area contributed by atoms with Crippen molar-refractivity contribution < 1.29 is 14.3 Å². The number of nitrogens with zero attached hydrogens (tertiary/aromatic N) is 2. The van der Waals surface area contributed by atoms with Gasteiger partial charge in [0.25, 0.3) is 5.91 Å². The van der Waals surface area contributed by atoms with Gasteiger partial charge < -0.3 is 14.0 Å². The fourth-order valence-corrected chi connectivity index (χ4v) is 4.10. The molecule has 0 fully saturated rings. The first kappa shape index (κ1) is 19.5. The summed E-state index contributed by atoms with van der Waals surface area (Å²) in [4.78, 5) is 17.8. The maximum absolute atomic E-state index is 12.9. The molecule has 30 heavy (non-hydrogen) atoms. The van der Waals surface area contributed by atoms with Gasteiger partial charge in [-0.3, -0.25) is 4.79 Å². The Labute approximate surface area is 177 Å². The molecule has 4 rings (SSSR count). The molecule has 0 N–H and O–H groups in total. The van der Waals surface area contributed by atoms with Crippen LogP contribution in [-0.4, -0.2) is 17.6 Å². The van der Waals surface area contributed by atoms with Crippen molar-refractivity contribution in [2.45, 2.75) is 6.54 Å². The van der Waals surface area contributed by atoms with Crippen LogP contribution in [0.25, 0.3) is 10.2 Å². The molecule has 1 aromatic heterocycles. The summed E-state index contributed by atoms with van der Waals surface area (Å²) in [6, 6.07) is 22.1. The fraction of sp³-hybridized carbons (Fsp3) is 0.0833. The van der Waals surface area contributed by atoms with Gasteiger partial charge in [-0.05, 0) is 42.5 Å². The molecule has 0 radical (unpaired) electrons. The van der Waals surface area contributed by atoms with Crippen molar-refractivity contribution in [2.24, 2.45) is 4.99 Å². The van der Waals surface area contributed by atoms with Crippen molar-refractivity contribution in [3.8, 4) is 29.6 Å².